The molecule has 4 nitrogen and oxygen atoms in total. The highest BCUT2D eigenvalue weighted by atomic mass is 16.5. The van der Waals surface area contributed by atoms with Gasteiger partial charge < -0.3 is 10.1 Å². The molecule has 1 saturated carbocycles. The van der Waals surface area contributed by atoms with Crippen LogP contribution in [0.3, 0.4) is 0 Å². The molecule has 0 bridgehead atoms. The average molecular weight is 258 g/mol. The van der Waals surface area contributed by atoms with Gasteiger partial charge in [0.2, 0.25) is 5.91 Å². The average Bonchev–Trinajstić information content (AvgIpc) is 3.25. The number of rotatable bonds is 5. The van der Waals surface area contributed by atoms with Crippen LogP contribution in [0.4, 0.5) is 0 Å². The van der Waals surface area contributed by atoms with Gasteiger partial charge in [-0.3, -0.25) is 4.79 Å². The SMILES string of the molecule is CCc1ccc(OC)c(CNC(=O)C2(C#N)CC2)c1. The number of nitrogens with one attached hydrogen (secondary N) is 1. The van der Waals surface area contributed by atoms with Crippen molar-refractivity contribution >= 4 is 5.91 Å². The smallest absolute Gasteiger partial charge is 0.240 e. The van der Waals surface area contributed by atoms with Crippen LogP contribution in [-0.4, -0.2) is 13.0 Å². The molecule has 1 N–H and O–H groups in total. The molecule has 1 aromatic carbocycles. The molecule has 0 aromatic heterocycles. The standard InChI is InChI=1S/C15H18N2O2/c1-3-11-4-5-13(19-2)12(8-11)9-17-14(18)15(10-16)6-7-15/h4-5,8H,3,6-7,9H2,1-2H3,(H,17,18). The molecule has 1 aliphatic rings. The highest BCUT2D eigenvalue weighted by molar-refractivity contribution is 5.88. The van der Waals surface area contributed by atoms with Crippen molar-refractivity contribution in [2.75, 3.05) is 7.11 Å². The molecule has 0 radical (unpaired) electrons. The van der Waals surface area contributed by atoms with Crippen LogP contribution in [0.5, 0.6) is 5.75 Å². The lowest BCUT2D eigenvalue weighted by Gasteiger charge is -2.12. The normalized spacial score (nSPS) is 15.4. The topological polar surface area (TPSA) is 62.1 Å². The third kappa shape index (κ3) is 2.70. The summed E-state index contributed by atoms with van der Waals surface area (Å²) < 4.78 is 5.29. The highest BCUT2D eigenvalue weighted by Crippen LogP contribution is 2.45. The van der Waals surface area contributed by atoms with Gasteiger partial charge in [-0.05, 0) is 30.9 Å². The molecule has 1 amide bonds. The van der Waals surface area contributed by atoms with E-state index in [2.05, 4.69) is 18.3 Å². The Balaban J connectivity index is 2.06. The van der Waals surface area contributed by atoms with Crippen LogP contribution < -0.4 is 10.1 Å². The summed E-state index contributed by atoms with van der Waals surface area (Å²) in [6.07, 6.45) is 2.27. The number of carbonyl (C=O) groups excluding carboxylic acids is 1. The van der Waals surface area contributed by atoms with Crippen molar-refractivity contribution in [3.8, 4) is 11.8 Å². The van der Waals surface area contributed by atoms with E-state index in [1.807, 2.05) is 18.2 Å². The quantitative estimate of drug-likeness (QED) is 0.880. The predicted octanol–water partition coefficient (Wildman–Crippen LogP) is 2.18. The van der Waals surface area contributed by atoms with Crippen LogP contribution in [0.1, 0.15) is 30.9 Å². The molecule has 2 rings (SSSR count). The molecule has 0 unspecified atom stereocenters. The summed E-state index contributed by atoms with van der Waals surface area (Å²) in [5.41, 5.74) is 1.38. The molecule has 0 aliphatic heterocycles. The summed E-state index contributed by atoms with van der Waals surface area (Å²) >= 11 is 0. The maximum absolute atomic E-state index is 11.9. The Hall–Kier alpha value is -2.02. The number of amides is 1. The van der Waals surface area contributed by atoms with Crippen LogP contribution in [-0.2, 0) is 17.8 Å². The molecule has 1 aromatic rings. The largest absolute Gasteiger partial charge is 0.496 e. The Morgan fingerprint density at radius 2 is 2.26 bits per heavy atom. The second kappa shape index (κ2) is 5.31. The lowest BCUT2D eigenvalue weighted by Crippen LogP contribution is -2.30. The molecule has 19 heavy (non-hydrogen) atoms. The van der Waals surface area contributed by atoms with E-state index in [0.717, 1.165) is 17.7 Å². The zero-order valence-electron chi connectivity index (χ0n) is 11.3. The van der Waals surface area contributed by atoms with Gasteiger partial charge in [0.25, 0.3) is 0 Å². The Labute approximate surface area is 113 Å². The van der Waals surface area contributed by atoms with Crippen molar-refractivity contribution in [3.05, 3.63) is 29.3 Å². The van der Waals surface area contributed by atoms with E-state index in [-0.39, 0.29) is 5.91 Å². The fraction of sp³-hybridized carbons (Fsp3) is 0.467. The van der Waals surface area contributed by atoms with Crippen molar-refractivity contribution in [2.45, 2.75) is 32.7 Å². The van der Waals surface area contributed by atoms with Crippen molar-refractivity contribution in [1.29, 1.82) is 5.26 Å². The zero-order valence-corrected chi connectivity index (χ0v) is 11.3. The van der Waals surface area contributed by atoms with Gasteiger partial charge in [-0.1, -0.05) is 19.1 Å². The molecule has 0 atom stereocenters. The molecule has 0 spiro atoms. The number of ether oxygens (including phenoxy) is 1. The number of hydrogen-bond acceptors (Lipinski definition) is 3. The minimum Gasteiger partial charge on any atom is -0.496 e. The van der Waals surface area contributed by atoms with Gasteiger partial charge in [-0.15, -0.1) is 0 Å². The first-order chi connectivity index (χ1) is 9.15. The van der Waals surface area contributed by atoms with Gasteiger partial charge in [-0.25, -0.2) is 0 Å². The Bertz CT molecular complexity index is 527. The number of nitriles is 1. The van der Waals surface area contributed by atoms with Crippen LogP contribution in [0, 0.1) is 16.7 Å². The molecule has 0 heterocycles. The van der Waals surface area contributed by atoms with Crippen molar-refractivity contribution in [3.63, 3.8) is 0 Å². The molecule has 100 valence electrons. The zero-order chi connectivity index (χ0) is 13.9. The highest BCUT2D eigenvalue weighted by Gasteiger charge is 2.50. The monoisotopic (exact) mass is 258 g/mol. The second-order valence-corrected chi connectivity index (χ2v) is 4.88. The number of hydrogen-bond donors (Lipinski definition) is 1. The van der Waals surface area contributed by atoms with E-state index in [1.165, 1.54) is 5.56 Å². The van der Waals surface area contributed by atoms with E-state index in [1.54, 1.807) is 7.11 Å². The van der Waals surface area contributed by atoms with Gasteiger partial charge in [0.15, 0.2) is 0 Å². The first-order valence-electron chi connectivity index (χ1n) is 6.50. The molecular formula is C15H18N2O2. The minimum atomic E-state index is -0.768. The molecule has 1 aliphatic carbocycles. The van der Waals surface area contributed by atoms with Crippen LogP contribution in [0.15, 0.2) is 18.2 Å². The molecule has 1 fully saturated rings. The lowest BCUT2D eigenvalue weighted by molar-refractivity contribution is -0.124. The predicted molar refractivity (Wildman–Crippen MR) is 71.5 cm³/mol. The lowest BCUT2D eigenvalue weighted by atomic mass is 10.1. The first kappa shape index (κ1) is 13.4. The molecule has 0 saturated heterocycles. The second-order valence-electron chi connectivity index (χ2n) is 4.88. The van der Waals surface area contributed by atoms with Gasteiger partial charge in [0.1, 0.15) is 11.2 Å². The van der Waals surface area contributed by atoms with E-state index in [9.17, 15) is 4.79 Å². The fourth-order valence-electron chi connectivity index (χ4n) is 2.05. The molecule has 4 heteroatoms. The summed E-state index contributed by atoms with van der Waals surface area (Å²) in [5.74, 6) is 0.596. The van der Waals surface area contributed by atoms with E-state index in [4.69, 9.17) is 10.00 Å². The summed E-state index contributed by atoms with van der Waals surface area (Å²) in [6, 6.07) is 8.06. The van der Waals surface area contributed by atoms with Crippen molar-refractivity contribution < 1.29 is 9.53 Å². The van der Waals surface area contributed by atoms with Gasteiger partial charge >= 0.3 is 0 Å². The van der Waals surface area contributed by atoms with Gasteiger partial charge in [0.05, 0.1) is 13.2 Å². The number of aryl methyl sites for hydroxylation is 1. The summed E-state index contributed by atoms with van der Waals surface area (Å²) in [4.78, 5) is 11.9. The third-order valence-corrected chi connectivity index (χ3v) is 3.59. The summed E-state index contributed by atoms with van der Waals surface area (Å²) in [6.45, 7) is 2.48. The van der Waals surface area contributed by atoms with Gasteiger partial charge in [-0.2, -0.15) is 5.26 Å². The van der Waals surface area contributed by atoms with E-state index < -0.39 is 5.41 Å². The van der Waals surface area contributed by atoms with Crippen LogP contribution in [0.25, 0.3) is 0 Å². The van der Waals surface area contributed by atoms with E-state index >= 15 is 0 Å². The Morgan fingerprint density at radius 1 is 1.53 bits per heavy atom. The third-order valence-electron chi connectivity index (χ3n) is 3.59. The number of carbonyl (C=O) groups is 1. The first-order valence-corrected chi connectivity index (χ1v) is 6.50. The number of nitrogens with zero attached hydrogens (tertiary/aromatic N) is 1. The van der Waals surface area contributed by atoms with Crippen LogP contribution in [0.2, 0.25) is 0 Å². The number of methoxy groups -OCH3 is 1. The fourth-order valence-corrected chi connectivity index (χ4v) is 2.05. The maximum atomic E-state index is 11.9. The Morgan fingerprint density at radius 3 is 2.79 bits per heavy atom. The van der Waals surface area contributed by atoms with Gasteiger partial charge in [0, 0.05) is 12.1 Å². The summed E-state index contributed by atoms with van der Waals surface area (Å²) in [5, 5.41) is 11.8. The maximum Gasteiger partial charge on any atom is 0.240 e. The molecular weight excluding hydrogens is 240 g/mol. The Kier molecular flexibility index (Phi) is 3.75. The van der Waals surface area contributed by atoms with Crippen molar-refractivity contribution in [1.82, 2.24) is 5.32 Å². The van der Waals surface area contributed by atoms with Crippen molar-refractivity contribution in [2.24, 2.45) is 5.41 Å². The minimum absolute atomic E-state index is 0.168. The van der Waals surface area contributed by atoms with Crippen LogP contribution >= 0.6 is 0 Å². The summed E-state index contributed by atoms with van der Waals surface area (Å²) in [7, 11) is 1.62. The number of benzene rings is 1. The van der Waals surface area contributed by atoms with E-state index in [0.29, 0.717) is 19.4 Å².